The lowest BCUT2D eigenvalue weighted by atomic mass is 9.98. The first-order valence-corrected chi connectivity index (χ1v) is 13.0. The lowest BCUT2D eigenvalue weighted by Crippen LogP contribution is -2.54. The molecule has 11 nitrogen and oxygen atoms in total. The van der Waals surface area contributed by atoms with Gasteiger partial charge in [-0.05, 0) is 69.9 Å². The van der Waals surface area contributed by atoms with Crippen LogP contribution in [0.1, 0.15) is 57.7 Å². The Labute approximate surface area is 234 Å². The molecule has 0 aliphatic heterocycles. The molecule has 11 heteroatoms. The number of aromatic hydroxyl groups is 1. The number of amides is 4. The summed E-state index contributed by atoms with van der Waals surface area (Å²) >= 11 is 0. The van der Waals surface area contributed by atoms with E-state index in [0.717, 1.165) is 0 Å². The van der Waals surface area contributed by atoms with Gasteiger partial charge in [0.15, 0.2) is 0 Å². The molecule has 4 atom stereocenters. The normalized spacial score (nSPS) is 17.6. The highest BCUT2D eigenvalue weighted by molar-refractivity contribution is 6.00. The number of para-hydroxylation sites is 1. The second-order valence-corrected chi connectivity index (χ2v) is 11.0. The molecule has 40 heavy (non-hydrogen) atoms. The number of alkyl carbamates (subject to hydrolysis) is 1. The minimum absolute atomic E-state index is 0.0305. The minimum atomic E-state index is -1.40. The molecule has 2 aromatic rings. The monoisotopic (exact) mass is 554 g/mol. The lowest BCUT2D eigenvalue weighted by Gasteiger charge is -2.35. The molecule has 4 amide bonds. The molecule has 0 spiro atoms. The first-order chi connectivity index (χ1) is 18.7. The van der Waals surface area contributed by atoms with Gasteiger partial charge in [0.05, 0.1) is 13.5 Å². The Morgan fingerprint density at radius 2 is 1.75 bits per heavy atom. The van der Waals surface area contributed by atoms with Crippen LogP contribution in [0.3, 0.4) is 0 Å². The maximum Gasteiger partial charge on any atom is 0.408 e. The number of ether oxygens (including phenoxy) is 2. The number of carbonyl (C=O) groups is 4. The predicted molar refractivity (Wildman–Crippen MR) is 149 cm³/mol. The van der Waals surface area contributed by atoms with Crippen molar-refractivity contribution in [3.8, 4) is 11.5 Å². The van der Waals surface area contributed by atoms with Gasteiger partial charge in [-0.2, -0.15) is 0 Å². The number of nitrogens with zero attached hydrogens (tertiary/aromatic N) is 1. The van der Waals surface area contributed by atoms with Gasteiger partial charge in [-0.15, -0.1) is 0 Å². The molecule has 1 aliphatic carbocycles. The third-order valence-corrected chi connectivity index (χ3v) is 6.52. The summed E-state index contributed by atoms with van der Waals surface area (Å²) in [5.74, 6) is -1.63. The van der Waals surface area contributed by atoms with Crippen molar-refractivity contribution in [1.29, 1.82) is 0 Å². The fourth-order valence-electron chi connectivity index (χ4n) is 4.41. The molecule has 2 aromatic carbocycles. The Morgan fingerprint density at radius 1 is 1.12 bits per heavy atom. The van der Waals surface area contributed by atoms with Crippen molar-refractivity contribution in [3.63, 3.8) is 0 Å². The smallest absolute Gasteiger partial charge is 0.408 e. The average Bonchev–Trinajstić information content (AvgIpc) is 3.58. The molecule has 0 heterocycles. The molecule has 4 unspecified atom stereocenters. The number of hydrogen-bond acceptors (Lipinski definition) is 7. The molecule has 0 saturated heterocycles. The summed E-state index contributed by atoms with van der Waals surface area (Å²) in [7, 11) is 1.53. The third-order valence-electron chi connectivity index (χ3n) is 6.52. The number of primary amides is 1. The molecule has 216 valence electrons. The van der Waals surface area contributed by atoms with Crippen LogP contribution in [0.2, 0.25) is 0 Å². The van der Waals surface area contributed by atoms with Gasteiger partial charge in [0.1, 0.15) is 29.2 Å². The van der Waals surface area contributed by atoms with Gasteiger partial charge in [-0.1, -0.05) is 25.1 Å². The molecule has 1 aliphatic rings. The van der Waals surface area contributed by atoms with Crippen molar-refractivity contribution < 1.29 is 33.8 Å². The first-order valence-electron chi connectivity index (χ1n) is 13.0. The van der Waals surface area contributed by atoms with E-state index >= 15 is 0 Å². The Balaban J connectivity index is 2.06. The topological polar surface area (TPSA) is 160 Å². The van der Waals surface area contributed by atoms with Gasteiger partial charge >= 0.3 is 6.09 Å². The van der Waals surface area contributed by atoms with Crippen LogP contribution >= 0.6 is 0 Å². The summed E-state index contributed by atoms with van der Waals surface area (Å²) in [6.07, 6.45) is -0.837. The largest absolute Gasteiger partial charge is 0.507 e. The number of methoxy groups -OCH3 is 1. The molecule has 3 rings (SSSR count). The van der Waals surface area contributed by atoms with Crippen molar-refractivity contribution in [2.24, 2.45) is 11.7 Å². The van der Waals surface area contributed by atoms with Gasteiger partial charge in [-0.25, -0.2) is 4.79 Å². The first kappa shape index (κ1) is 30.3. The van der Waals surface area contributed by atoms with E-state index in [4.69, 9.17) is 15.2 Å². The van der Waals surface area contributed by atoms with Crippen molar-refractivity contribution >= 4 is 29.5 Å². The fourth-order valence-corrected chi connectivity index (χ4v) is 4.41. The van der Waals surface area contributed by atoms with Crippen molar-refractivity contribution in [3.05, 3.63) is 53.6 Å². The van der Waals surface area contributed by atoms with Gasteiger partial charge in [-0.3, -0.25) is 14.4 Å². The zero-order valence-corrected chi connectivity index (χ0v) is 23.7. The lowest BCUT2D eigenvalue weighted by molar-refractivity contribution is -0.142. The third kappa shape index (κ3) is 7.64. The van der Waals surface area contributed by atoms with E-state index in [1.165, 1.54) is 12.0 Å². The average molecular weight is 555 g/mol. The second kappa shape index (κ2) is 12.3. The van der Waals surface area contributed by atoms with Crippen LogP contribution < -0.4 is 21.1 Å². The molecule has 5 N–H and O–H groups in total. The van der Waals surface area contributed by atoms with Crippen LogP contribution in [-0.2, 0) is 19.1 Å². The summed E-state index contributed by atoms with van der Waals surface area (Å²) in [5, 5.41) is 16.3. The van der Waals surface area contributed by atoms with E-state index in [9.17, 15) is 24.3 Å². The summed E-state index contributed by atoms with van der Waals surface area (Å²) in [4.78, 5) is 53.9. The van der Waals surface area contributed by atoms with E-state index in [1.54, 1.807) is 70.2 Å². The highest BCUT2D eigenvalue weighted by Crippen LogP contribution is 2.43. The van der Waals surface area contributed by atoms with Crippen LogP contribution in [0.15, 0.2) is 42.5 Å². The predicted octanol–water partition coefficient (Wildman–Crippen LogP) is 3.39. The van der Waals surface area contributed by atoms with E-state index in [1.807, 2.05) is 6.92 Å². The zero-order chi connectivity index (χ0) is 29.8. The van der Waals surface area contributed by atoms with E-state index < -0.39 is 54.0 Å². The van der Waals surface area contributed by atoms with E-state index in [0.29, 0.717) is 23.4 Å². The van der Waals surface area contributed by atoms with E-state index in [2.05, 4.69) is 10.6 Å². The number of rotatable bonds is 10. The number of carbonyl (C=O) groups excluding carboxylic acids is 4. The summed E-state index contributed by atoms with van der Waals surface area (Å²) < 4.78 is 10.5. The summed E-state index contributed by atoms with van der Waals surface area (Å²) in [6.45, 7) is 8.59. The SMILES string of the molecule is COc1ccc(NC(=O)C(c2cccc(C)c2O)N(C(=O)C(CC(N)=O)NC(=O)OC(C)(C)C)C2CC2C)cc1. The van der Waals surface area contributed by atoms with Crippen molar-refractivity contribution in [2.75, 3.05) is 12.4 Å². The highest BCUT2D eigenvalue weighted by Gasteiger charge is 2.49. The Kier molecular flexibility index (Phi) is 9.28. The number of benzene rings is 2. The van der Waals surface area contributed by atoms with E-state index in [-0.39, 0.29) is 17.2 Å². The number of phenols is 1. The number of nitrogens with one attached hydrogen (secondary N) is 2. The summed E-state index contributed by atoms with van der Waals surface area (Å²) in [6, 6.07) is 8.49. The van der Waals surface area contributed by atoms with Crippen LogP contribution in [0.5, 0.6) is 11.5 Å². The summed E-state index contributed by atoms with van der Waals surface area (Å²) in [5.41, 5.74) is 5.74. The molecular weight excluding hydrogens is 516 g/mol. The van der Waals surface area contributed by atoms with Crippen molar-refractivity contribution in [1.82, 2.24) is 10.2 Å². The van der Waals surface area contributed by atoms with Gasteiger partial charge in [0.25, 0.3) is 5.91 Å². The quantitative estimate of drug-likeness (QED) is 0.350. The fraction of sp³-hybridized carbons (Fsp3) is 0.448. The number of aryl methyl sites for hydroxylation is 1. The van der Waals surface area contributed by atoms with Crippen LogP contribution in [0.4, 0.5) is 10.5 Å². The maximum atomic E-state index is 14.1. The maximum absolute atomic E-state index is 14.1. The Hall–Kier alpha value is -4.28. The van der Waals surface area contributed by atoms with Crippen LogP contribution in [0.25, 0.3) is 0 Å². The van der Waals surface area contributed by atoms with Crippen LogP contribution in [0, 0.1) is 12.8 Å². The van der Waals surface area contributed by atoms with Gasteiger partial charge in [0, 0.05) is 17.3 Å². The highest BCUT2D eigenvalue weighted by atomic mass is 16.6. The molecule has 0 bridgehead atoms. The molecule has 1 fully saturated rings. The molecular formula is C29H38N4O7. The van der Waals surface area contributed by atoms with Crippen LogP contribution in [-0.4, -0.2) is 58.6 Å². The Bertz CT molecular complexity index is 1260. The molecule has 0 radical (unpaired) electrons. The number of hydrogen-bond donors (Lipinski definition) is 4. The Morgan fingerprint density at radius 3 is 2.27 bits per heavy atom. The van der Waals surface area contributed by atoms with Gasteiger partial charge in [0.2, 0.25) is 11.8 Å². The van der Waals surface area contributed by atoms with Gasteiger partial charge < -0.3 is 35.8 Å². The minimum Gasteiger partial charge on any atom is -0.507 e. The molecule has 0 aromatic heterocycles. The second-order valence-electron chi connectivity index (χ2n) is 11.0. The molecule has 1 saturated carbocycles. The number of nitrogens with two attached hydrogens (primary N) is 1. The number of anilines is 1. The van der Waals surface area contributed by atoms with Crippen molar-refractivity contribution in [2.45, 2.75) is 71.2 Å². The standard InChI is InChI=1S/C29H38N4O7/c1-16-8-7-9-20(25(16)35)24(26(36)31-18-10-12-19(39-6)13-11-18)33(22-14-17(22)2)27(37)21(15-23(30)34)32-28(38)40-29(3,4)5/h7-13,17,21-22,24,35H,14-15H2,1-6H3,(H2,30,34)(H,31,36)(H,32,38). The zero-order valence-electron chi connectivity index (χ0n) is 23.7. The number of phenolic OH excluding ortho intramolecular Hbond substituents is 1.